The molecule has 2 aromatic rings. The highest BCUT2D eigenvalue weighted by molar-refractivity contribution is 14.1. The fourth-order valence-electron chi connectivity index (χ4n) is 2.02. The van der Waals surface area contributed by atoms with E-state index in [-0.39, 0.29) is 12.5 Å². The van der Waals surface area contributed by atoms with Crippen LogP contribution in [-0.2, 0) is 4.79 Å². The molecule has 6 nitrogen and oxygen atoms in total. The Morgan fingerprint density at radius 2 is 2.12 bits per heavy atom. The zero-order valence-corrected chi connectivity index (χ0v) is 16.2. The van der Waals surface area contributed by atoms with Gasteiger partial charge >= 0.3 is 0 Å². The van der Waals surface area contributed by atoms with E-state index < -0.39 is 0 Å². The third-order valence-electron chi connectivity index (χ3n) is 3.03. The minimum absolute atomic E-state index is 0.200. The lowest BCUT2D eigenvalue weighted by molar-refractivity contribution is -0.118. The Kier molecular flexibility index (Phi) is 7.32. The van der Waals surface area contributed by atoms with E-state index in [2.05, 4.69) is 33.1 Å². The topological polar surface area (TPSA) is 80.2 Å². The quantitative estimate of drug-likeness (QED) is 0.273. The number of nitrogens with one attached hydrogen (secondary N) is 1. The van der Waals surface area contributed by atoms with Crippen LogP contribution < -0.4 is 14.8 Å². The van der Waals surface area contributed by atoms with Crippen molar-refractivity contribution in [2.24, 2.45) is 5.16 Å². The number of halogens is 2. The molecule has 0 unspecified atom stereocenters. The van der Waals surface area contributed by atoms with Crippen LogP contribution in [-0.4, -0.2) is 30.5 Å². The summed E-state index contributed by atoms with van der Waals surface area (Å²) in [7, 11) is 0. The molecule has 0 aromatic heterocycles. The lowest BCUT2D eigenvalue weighted by Gasteiger charge is -2.14. The van der Waals surface area contributed by atoms with Crippen molar-refractivity contribution in [2.75, 3.05) is 18.5 Å². The van der Waals surface area contributed by atoms with Crippen LogP contribution in [0.2, 0.25) is 5.02 Å². The second-order valence-corrected chi connectivity index (χ2v) is 6.39. The molecule has 8 heteroatoms. The summed E-state index contributed by atoms with van der Waals surface area (Å²) in [5.41, 5.74) is 1.18. The molecule has 0 fully saturated rings. The van der Waals surface area contributed by atoms with E-state index in [9.17, 15) is 4.79 Å². The number of carbonyl (C=O) groups excluding carboxylic acids is 1. The van der Waals surface area contributed by atoms with E-state index in [1.807, 2.05) is 6.92 Å². The van der Waals surface area contributed by atoms with E-state index in [4.69, 9.17) is 26.3 Å². The Hall–Kier alpha value is -2.00. The summed E-state index contributed by atoms with van der Waals surface area (Å²) >= 11 is 8.08. The smallest absolute Gasteiger partial charge is 0.262 e. The molecule has 0 heterocycles. The van der Waals surface area contributed by atoms with E-state index in [1.165, 1.54) is 6.21 Å². The second kappa shape index (κ2) is 9.47. The third-order valence-corrected chi connectivity index (χ3v) is 4.16. The Balaban J connectivity index is 2.11. The van der Waals surface area contributed by atoms with Gasteiger partial charge in [0.2, 0.25) is 0 Å². The van der Waals surface area contributed by atoms with Gasteiger partial charge in [-0.25, -0.2) is 0 Å². The molecule has 25 heavy (non-hydrogen) atoms. The normalized spacial score (nSPS) is 10.7. The summed E-state index contributed by atoms with van der Waals surface area (Å²) in [6.45, 7) is 2.07. The van der Waals surface area contributed by atoms with Gasteiger partial charge < -0.3 is 20.0 Å². The first-order chi connectivity index (χ1) is 12.0. The van der Waals surface area contributed by atoms with Crippen LogP contribution in [0.3, 0.4) is 0 Å². The standard InChI is InChI=1S/C17H16ClIN2O4/c1-2-24-15-8-11(9-20-23)7-13(19)17(15)25-10-16(22)21-14-6-4-3-5-12(14)18/h3-9,23H,2,10H2,1H3,(H,21,22)/b20-9+. The summed E-state index contributed by atoms with van der Waals surface area (Å²) in [5, 5.41) is 14.8. The first kappa shape index (κ1) is 19.3. The van der Waals surface area contributed by atoms with Gasteiger partial charge in [0.1, 0.15) is 0 Å². The van der Waals surface area contributed by atoms with Crippen LogP contribution in [0.25, 0.3) is 0 Å². The fourth-order valence-corrected chi connectivity index (χ4v) is 2.98. The van der Waals surface area contributed by atoms with Crippen molar-refractivity contribution in [3.05, 3.63) is 50.6 Å². The summed E-state index contributed by atoms with van der Waals surface area (Å²) < 4.78 is 11.9. The third kappa shape index (κ3) is 5.50. The molecule has 0 radical (unpaired) electrons. The first-order valence-corrected chi connectivity index (χ1v) is 8.81. The molecule has 0 spiro atoms. The molecule has 0 aliphatic heterocycles. The summed E-state index contributed by atoms with van der Waals surface area (Å²) in [5.74, 6) is 0.578. The number of hydrogen-bond acceptors (Lipinski definition) is 5. The summed E-state index contributed by atoms with van der Waals surface area (Å²) in [6, 6.07) is 10.4. The number of oxime groups is 1. The van der Waals surface area contributed by atoms with Gasteiger partial charge in [-0.3, -0.25) is 4.79 Å². The highest BCUT2D eigenvalue weighted by atomic mass is 127. The lowest BCUT2D eigenvalue weighted by Crippen LogP contribution is -2.21. The van der Waals surface area contributed by atoms with Gasteiger partial charge in [0, 0.05) is 5.56 Å². The Morgan fingerprint density at radius 3 is 2.80 bits per heavy atom. The number of amides is 1. The number of benzene rings is 2. The molecule has 2 rings (SSSR count). The van der Waals surface area contributed by atoms with Gasteiger partial charge in [-0.05, 0) is 53.8 Å². The minimum Gasteiger partial charge on any atom is -0.490 e. The van der Waals surface area contributed by atoms with Crippen LogP contribution >= 0.6 is 34.2 Å². The van der Waals surface area contributed by atoms with E-state index in [0.29, 0.717) is 34.4 Å². The van der Waals surface area contributed by atoms with Gasteiger partial charge in [0.25, 0.3) is 5.91 Å². The van der Waals surface area contributed by atoms with E-state index in [0.717, 1.165) is 3.57 Å². The van der Waals surface area contributed by atoms with Crippen molar-refractivity contribution in [1.82, 2.24) is 0 Å². The fraction of sp³-hybridized carbons (Fsp3) is 0.176. The zero-order valence-electron chi connectivity index (χ0n) is 13.3. The van der Waals surface area contributed by atoms with Crippen molar-refractivity contribution in [3.8, 4) is 11.5 Å². The van der Waals surface area contributed by atoms with Crippen molar-refractivity contribution in [2.45, 2.75) is 6.92 Å². The van der Waals surface area contributed by atoms with Gasteiger partial charge in [0.15, 0.2) is 18.1 Å². The van der Waals surface area contributed by atoms with Gasteiger partial charge in [-0.2, -0.15) is 0 Å². The van der Waals surface area contributed by atoms with E-state index in [1.54, 1.807) is 36.4 Å². The molecular weight excluding hydrogens is 459 g/mol. The number of carbonyl (C=O) groups is 1. The summed E-state index contributed by atoms with van der Waals surface area (Å²) in [6.07, 6.45) is 1.29. The van der Waals surface area contributed by atoms with E-state index >= 15 is 0 Å². The molecular formula is C17H16ClIN2O4. The summed E-state index contributed by atoms with van der Waals surface area (Å²) in [4.78, 5) is 12.1. The molecule has 0 saturated heterocycles. The molecule has 2 N–H and O–H groups in total. The molecule has 1 amide bonds. The molecule has 0 aliphatic rings. The van der Waals surface area contributed by atoms with Crippen molar-refractivity contribution in [1.29, 1.82) is 0 Å². The number of nitrogens with zero attached hydrogens (tertiary/aromatic N) is 1. The maximum absolute atomic E-state index is 12.1. The van der Waals surface area contributed by atoms with Gasteiger partial charge in [-0.1, -0.05) is 28.9 Å². The Labute approximate surface area is 163 Å². The molecule has 0 saturated carbocycles. The predicted octanol–water partition coefficient (Wildman–Crippen LogP) is 4.17. The highest BCUT2D eigenvalue weighted by Crippen LogP contribution is 2.34. The average molecular weight is 475 g/mol. The second-order valence-electron chi connectivity index (χ2n) is 4.82. The van der Waals surface area contributed by atoms with Crippen LogP contribution in [0.5, 0.6) is 11.5 Å². The van der Waals surface area contributed by atoms with Crippen LogP contribution in [0.1, 0.15) is 12.5 Å². The molecule has 2 aromatic carbocycles. The number of anilines is 1. The first-order valence-electron chi connectivity index (χ1n) is 7.36. The maximum Gasteiger partial charge on any atom is 0.262 e. The van der Waals surface area contributed by atoms with Crippen molar-refractivity contribution < 1.29 is 19.5 Å². The number of rotatable bonds is 7. The number of para-hydroxylation sites is 1. The van der Waals surface area contributed by atoms with Gasteiger partial charge in [0.05, 0.1) is 27.1 Å². The Morgan fingerprint density at radius 1 is 1.36 bits per heavy atom. The van der Waals surface area contributed by atoms with Crippen LogP contribution in [0, 0.1) is 3.57 Å². The number of ether oxygens (including phenoxy) is 2. The average Bonchev–Trinajstić information content (AvgIpc) is 2.57. The lowest BCUT2D eigenvalue weighted by atomic mass is 10.2. The van der Waals surface area contributed by atoms with Crippen LogP contribution in [0.15, 0.2) is 41.6 Å². The largest absolute Gasteiger partial charge is 0.490 e. The van der Waals surface area contributed by atoms with Crippen molar-refractivity contribution in [3.63, 3.8) is 0 Å². The Bertz CT molecular complexity index is 783. The minimum atomic E-state index is -0.340. The zero-order chi connectivity index (χ0) is 18.2. The SMILES string of the molecule is CCOc1cc(/C=N/O)cc(I)c1OCC(=O)Nc1ccccc1Cl. The molecule has 0 atom stereocenters. The number of hydrogen-bond donors (Lipinski definition) is 2. The predicted molar refractivity (Wildman–Crippen MR) is 105 cm³/mol. The van der Waals surface area contributed by atoms with Crippen molar-refractivity contribution >= 4 is 52.0 Å². The molecule has 0 bridgehead atoms. The highest BCUT2D eigenvalue weighted by Gasteiger charge is 2.14. The van der Waals surface area contributed by atoms with Gasteiger partial charge in [-0.15, -0.1) is 0 Å². The maximum atomic E-state index is 12.1. The monoisotopic (exact) mass is 474 g/mol. The molecule has 0 aliphatic carbocycles. The van der Waals surface area contributed by atoms with Crippen LogP contribution in [0.4, 0.5) is 5.69 Å². The molecule has 132 valence electrons.